The molecular weight excluding hydrogens is 532 g/mol. The van der Waals surface area contributed by atoms with E-state index in [4.69, 9.17) is 4.74 Å². The number of hydrogen-bond donors (Lipinski definition) is 0. The van der Waals surface area contributed by atoms with Gasteiger partial charge in [0.25, 0.3) is 5.69 Å². The number of carbonyl (C=O) groups is 3. The number of methoxy groups -OCH3 is 1. The normalized spacial score (nSPS) is 21.2. The maximum atomic E-state index is 14.7. The zero-order valence-electron chi connectivity index (χ0n) is 22.5. The van der Waals surface area contributed by atoms with E-state index in [0.717, 1.165) is 11.3 Å². The van der Waals surface area contributed by atoms with Crippen molar-refractivity contribution in [2.75, 3.05) is 12.0 Å². The van der Waals surface area contributed by atoms with E-state index in [1.54, 1.807) is 42.5 Å². The molecule has 0 N–H and O–H groups in total. The van der Waals surface area contributed by atoms with E-state index in [-0.39, 0.29) is 28.6 Å². The highest BCUT2D eigenvalue weighted by Crippen LogP contribution is 2.61. The van der Waals surface area contributed by atoms with E-state index < -0.39 is 28.3 Å². The molecule has 1 saturated heterocycles. The molecule has 0 aromatic heterocycles. The summed E-state index contributed by atoms with van der Waals surface area (Å²) in [5.74, 6) is -1.37. The van der Waals surface area contributed by atoms with E-state index in [0.29, 0.717) is 22.4 Å². The Morgan fingerprint density at radius 1 is 0.881 bits per heavy atom. The second-order valence-corrected chi connectivity index (χ2v) is 10.7. The number of ketones is 3. The molecular formula is C34H24N2O6. The molecule has 4 aromatic rings. The fraction of sp³-hybridized carbons (Fsp3) is 0.147. The lowest BCUT2D eigenvalue weighted by Crippen LogP contribution is -2.48. The summed E-state index contributed by atoms with van der Waals surface area (Å²) in [4.78, 5) is 56.7. The Morgan fingerprint density at radius 2 is 1.55 bits per heavy atom. The van der Waals surface area contributed by atoms with Gasteiger partial charge in [0.2, 0.25) is 0 Å². The van der Waals surface area contributed by atoms with Crippen molar-refractivity contribution < 1.29 is 24.0 Å². The lowest BCUT2D eigenvalue weighted by molar-refractivity contribution is -0.384. The van der Waals surface area contributed by atoms with Crippen molar-refractivity contribution in [1.82, 2.24) is 0 Å². The second-order valence-electron chi connectivity index (χ2n) is 10.7. The van der Waals surface area contributed by atoms with Gasteiger partial charge < -0.3 is 9.64 Å². The number of hydrogen-bond acceptors (Lipinski definition) is 7. The van der Waals surface area contributed by atoms with Gasteiger partial charge in [-0.1, -0.05) is 66.7 Å². The van der Waals surface area contributed by atoms with Crippen LogP contribution < -0.4 is 9.64 Å². The van der Waals surface area contributed by atoms with Crippen LogP contribution >= 0.6 is 0 Å². The molecule has 3 aliphatic rings. The third-order valence-electron chi connectivity index (χ3n) is 8.80. The zero-order chi connectivity index (χ0) is 29.2. The van der Waals surface area contributed by atoms with Gasteiger partial charge in [-0.15, -0.1) is 0 Å². The van der Waals surface area contributed by atoms with Gasteiger partial charge in [-0.05, 0) is 41.5 Å². The number of nitrogens with zero attached hydrogens (tertiary/aromatic N) is 2. The first-order chi connectivity index (χ1) is 20.4. The molecule has 4 aromatic carbocycles. The third kappa shape index (κ3) is 3.38. The molecule has 8 nitrogen and oxygen atoms in total. The molecule has 42 heavy (non-hydrogen) atoms. The summed E-state index contributed by atoms with van der Waals surface area (Å²) in [5.41, 5.74) is 1.35. The molecule has 2 aliphatic heterocycles. The molecule has 1 fully saturated rings. The Balaban J connectivity index is 1.52. The van der Waals surface area contributed by atoms with Crippen LogP contribution in [-0.2, 0) is 0 Å². The first-order valence-electron chi connectivity index (χ1n) is 13.5. The number of non-ortho nitro benzene ring substituents is 1. The van der Waals surface area contributed by atoms with Crippen LogP contribution in [0, 0.1) is 15.5 Å². The van der Waals surface area contributed by atoms with Crippen LogP contribution in [0.25, 0.3) is 6.08 Å². The maximum absolute atomic E-state index is 14.7. The molecule has 1 aliphatic carbocycles. The highest BCUT2D eigenvalue weighted by Gasteiger charge is 2.71. The maximum Gasteiger partial charge on any atom is 0.269 e. The van der Waals surface area contributed by atoms with Crippen LogP contribution in [0.2, 0.25) is 0 Å². The highest BCUT2D eigenvalue weighted by molar-refractivity contribution is 6.32. The molecule has 8 heteroatoms. The number of carbonyl (C=O) groups excluding carboxylic acids is 3. The van der Waals surface area contributed by atoms with Crippen molar-refractivity contribution in [3.8, 4) is 5.75 Å². The smallest absolute Gasteiger partial charge is 0.269 e. The van der Waals surface area contributed by atoms with E-state index in [9.17, 15) is 24.5 Å². The van der Waals surface area contributed by atoms with Gasteiger partial charge in [0, 0.05) is 40.4 Å². The highest BCUT2D eigenvalue weighted by atomic mass is 16.6. The number of Topliss-reactive ketones (excluding diaryl/α,β-unsaturated/α-hetero) is 3. The number of nitro benzene ring substituents is 1. The van der Waals surface area contributed by atoms with E-state index in [2.05, 4.69) is 0 Å². The van der Waals surface area contributed by atoms with Crippen molar-refractivity contribution in [2.45, 2.75) is 18.0 Å². The molecule has 0 amide bonds. The Bertz CT molecular complexity index is 1810. The standard InChI is InChI=1S/C34H24N2O6/c1-42-24-9-6-8-22(19-24)29-30(31(37)21-13-16-23(17-14-21)36(40)41)35-27-12-5-2-7-20(27)15-18-28(35)34(29)32(38)25-10-3-4-11-26(25)33(34)39/h2-19,28-30H,1H3/t28-,29-,30-/m1/s1. The first-order valence-corrected chi connectivity index (χ1v) is 13.5. The Morgan fingerprint density at radius 3 is 2.21 bits per heavy atom. The van der Waals surface area contributed by atoms with Gasteiger partial charge in [0.1, 0.15) is 17.2 Å². The Hall–Kier alpha value is -5.37. The average Bonchev–Trinajstić information content (AvgIpc) is 3.47. The quantitative estimate of drug-likeness (QED) is 0.130. The monoisotopic (exact) mass is 556 g/mol. The Labute approximate surface area is 241 Å². The first kappa shape index (κ1) is 25.6. The average molecular weight is 557 g/mol. The van der Waals surface area contributed by atoms with Gasteiger partial charge in [-0.2, -0.15) is 0 Å². The molecule has 0 bridgehead atoms. The third-order valence-corrected chi connectivity index (χ3v) is 8.80. The van der Waals surface area contributed by atoms with Gasteiger partial charge in [0.15, 0.2) is 17.3 Å². The van der Waals surface area contributed by atoms with Crippen LogP contribution in [0.1, 0.15) is 48.1 Å². The molecule has 2 heterocycles. The minimum absolute atomic E-state index is 0.139. The van der Waals surface area contributed by atoms with Crippen LogP contribution in [-0.4, -0.2) is 41.5 Å². The number of anilines is 1. The summed E-state index contributed by atoms with van der Waals surface area (Å²) in [7, 11) is 1.53. The molecule has 0 saturated carbocycles. The van der Waals surface area contributed by atoms with E-state index in [1.807, 2.05) is 47.4 Å². The molecule has 0 radical (unpaired) electrons. The molecule has 0 unspecified atom stereocenters. The van der Waals surface area contributed by atoms with Crippen molar-refractivity contribution in [1.29, 1.82) is 0 Å². The number of nitro groups is 1. The molecule has 7 rings (SSSR count). The fourth-order valence-corrected chi connectivity index (χ4v) is 7.04. The predicted molar refractivity (Wildman–Crippen MR) is 156 cm³/mol. The fourth-order valence-electron chi connectivity index (χ4n) is 7.04. The minimum atomic E-state index is -1.64. The summed E-state index contributed by atoms with van der Waals surface area (Å²) >= 11 is 0. The minimum Gasteiger partial charge on any atom is -0.497 e. The summed E-state index contributed by atoms with van der Waals surface area (Å²) in [6.07, 6.45) is 3.77. The molecule has 206 valence electrons. The summed E-state index contributed by atoms with van der Waals surface area (Å²) in [6, 6.07) is 25.2. The summed E-state index contributed by atoms with van der Waals surface area (Å²) < 4.78 is 5.53. The van der Waals surface area contributed by atoms with Gasteiger partial charge in [0.05, 0.1) is 18.1 Å². The van der Waals surface area contributed by atoms with Crippen molar-refractivity contribution in [2.24, 2.45) is 5.41 Å². The van der Waals surface area contributed by atoms with Crippen LogP contribution in [0.15, 0.2) is 103 Å². The topological polar surface area (TPSA) is 107 Å². The van der Waals surface area contributed by atoms with Crippen molar-refractivity contribution in [3.63, 3.8) is 0 Å². The number of para-hydroxylation sites is 1. The summed E-state index contributed by atoms with van der Waals surface area (Å²) in [5, 5.41) is 11.3. The lowest BCUT2D eigenvalue weighted by atomic mass is 9.64. The molecule has 1 spiro atoms. The van der Waals surface area contributed by atoms with Crippen molar-refractivity contribution in [3.05, 3.63) is 141 Å². The largest absolute Gasteiger partial charge is 0.497 e. The van der Waals surface area contributed by atoms with Gasteiger partial charge >= 0.3 is 0 Å². The number of ether oxygens (including phenoxy) is 1. The molecule has 3 atom stereocenters. The Kier molecular flexibility index (Phi) is 5.69. The van der Waals surface area contributed by atoms with Gasteiger partial charge in [-0.25, -0.2) is 0 Å². The lowest BCUT2D eigenvalue weighted by Gasteiger charge is -2.37. The van der Waals surface area contributed by atoms with Crippen LogP contribution in [0.3, 0.4) is 0 Å². The van der Waals surface area contributed by atoms with Crippen LogP contribution in [0.4, 0.5) is 11.4 Å². The van der Waals surface area contributed by atoms with Gasteiger partial charge in [-0.3, -0.25) is 24.5 Å². The van der Waals surface area contributed by atoms with E-state index >= 15 is 0 Å². The van der Waals surface area contributed by atoms with Crippen LogP contribution in [0.5, 0.6) is 5.75 Å². The SMILES string of the molecule is COc1cccc([C@@H]2[C@H](C(=O)c3ccc([N+](=O)[O-])cc3)N3c4ccccc4C=C[C@@H]3C23C(=O)c2ccccc2C3=O)c1. The van der Waals surface area contributed by atoms with E-state index in [1.165, 1.54) is 31.4 Å². The number of fused-ring (bicyclic) bond motifs is 5. The number of benzene rings is 4. The zero-order valence-corrected chi connectivity index (χ0v) is 22.5. The number of rotatable bonds is 5. The second kappa shape index (κ2) is 9.34. The predicted octanol–water partition coefficient (Wildman–Crippen LogP) is 5.92. The summed E-state index contributed by atoms with van der Waals surface area (Å²) in [6.45, 7) is 0. The van der Waals surface area contributed by atoms with Crippen molar-refractivity contribution >= 4 is 34.8 Å².